The molecule has 1 N–H and O–H groups in total. The van der Waals surface area contributed by atoms with Crippen molar-refractivity contribution in [2.45, 2.75) is 19.4 Å². The van der Waals surface area contributed by atoms with Crippen molar-refractivity contribution in [3.63, 3.8) is 0 Å². The number of rotatable bonds is 4. The van der Waals surface area contributed by atoms with E-state index in [2.05, 4.69) is 50.4 Å². The van der Waals surface area contributed by atoms with Crippen molar-refractivity contribution in [1.29, 1.82) is 0 Å². The summed E-state index contributed by atoms with van der Waals surface area (Å²) in [5.74, 6) is 1.97. The van der Waals surface area contributed by atoms with E-state index >= 15 is 0 Å². The Morgan fingerprint density at radius 1 is 1.14 bits per heavy atom. The number of hydrogen-bond acceptors (Lipinski definition) is 2. The minimum absolute atomic E-state index is 0.890. The lowest BCUT2D eigenvalue weighted by molar-refractivity contribution is 0.172. The van der Waals surface area contributed by atoms with Crippen molar-refractivity contribution >= 4 is 5.96 Å². The van der Waals surface area contributed by atoms with Crippen LogP contribution in [0.25, 0.3) is 0 Å². The first-order valence-electron chi connectivity index (χ1n) is 8.07. The van der Waals surface area contributed by atoms with Gasteiger partial charge in [-0.1, -0.05) is 30.3 Å². The first-order chi connectivity index (χ1) is 10.3. The van der Waals surface area contributed by atoms with Gasteiger partial charge < -0.3 is 10.2 Å². The molecule has 1 aliphatic carbocycles. The Morgan fingerprint density at radius 2 is 1.86 bits per heavy atom. The van der Waals surface area contributed by atoms with E-state index < -0.39 is 0 Å². The smallest absolute Gasteiger partial charge is 0.193 e. The molecule has 0 atom stereocenters. The van der Waals surface area contributed by atoms with E-state index in [9.17, 15) is 0 Å². The number of piperazine rings is 1. The van der Waals surface area contributed by atoms with Crippen LogP contribution < -0.4 is 5.32 Å². The Labute approximate surface area is 127 Å². The fraction of sp³-hybridized carbons (Fsp3) is 0.588. The summed E-state index contributed by atoms with van der Waals surface area (Å²) in [7, 11) is 1.89. The maximum atomic E-state index is 4.43. The van der Waals surface area contributed by atoms with Crippen LogP contribution in [0.5, 0.6) is 0 Å². The van der Waals surface area contributed by atoms with Gasteiger partial charge >= 0.3 is 0 Å². The highest BCUT2D eigenvalue weighted by Gasteiger charge is 2.24. The van der Waals surface area contributed by atoms with Gasteiger partial charge in [-0.15, -0.1) is 0 Å². The molecule has 1 heterocycles. The van der Waals surface area contributed by atoms with E-state index in [0.29, 0.717) is 0 Å². The molecule has 0 radical (unpaired) electrons. The molecule has 114 valence electrons. The third-order valence-electron chi connectivity index (χ3n) is 4.38. The molecule has 1 saturated carbocycles. The maximum absolute atomic E-state index is 4.43. The van der Waals surface area contributed by atoms with E-state index in [1.54, 1.807) is 0 Å². The third kappa shape index (κ3) is 4.21. The minimum Gasteiger partial charge on any atom is -0.356 e. The van der Waals surface area contributed by atoms with Gasteiger partial charge in [0, 0.05) is 46.3 Å². The van der Waals surface area contributed by atoms with Gasteiger partial charge in [0.15, 0.2) is 5.96 Å². The summed E-state index contributed by atoms with van der Waals surface area (Å²) >= 11 is 0. The van der Waals surface area contributed by atoms with Gasteiger partial charge in [-0.3, -0.25) is 9.89 Å². The quantitative estimate of drug-likeness (QED) is 0.676. The lowest BCUT2D eigenvalue weighted by Crippen LogP contribution is -2.52. The molecule has 21 heavy (non-hydrogen) atoms. The first-order valence-corrected chi connectivity index (χ1v) is 8.07. The summed E-state index contributed by atoms with van der Waals surface area (Å²) in [6.07, 6.45) is 2.77. The van der Waals surface area contributed by atoms with E-state index in [0.717, 1.165) is 51.1 Å². The van der Waals surface area contributed by atoms with Crippen LogP contribution in [-0.4, -0.2) is 55.5 Å². The third-order valence-corrected chi connectivity index (χ3v) is 4.38. The van der Waals surface area contributed by atoms with Crippen LogP contribution in [0.3, 0.4) is 0 Å². The first kappa shape index (κ1) is 14.4. The predicted octanol–water partition coefficient (Wildman–Crippen LogP) is 1.79. The molecule has 0 aromatic heterocycles. The highest BCUT2D eigenvalue weighted by atomic mass is 15.3. The summed E-state index contributed by atoms with van der Waals surface area (Å²) in [6, 6.07) is 10.7. The Morgan fingerprint density at radius 3 is 2.48 bits per heavy atom. The standard InChI is InChI=1S/C17H26N4/c1-18-17(19-13-15-7-8-15)21-11-9-20(10-12-21)14-16-5-3-2-4-6-16/h2-6,15H,7-14H2,1H3,(H,18,19). The highest BCUT2D eigenvalue weighted by molar-refractivity contribution is 5.80. The molecule has 1 aromatic rings. The van der Waals surface area contributed by atoms with Crippen LogP contribution in [0.2, 0.25) is 0 Å². The summed E-state index contributed by atoms with van der Waals surface area (Å²) in [5, 5.41) is 3.52. The molecule has 0 bridgehead atoms. The van der Waals surface area contributed by atoms with Crippen molar-refractivity contribution < 1.29 is 0 Å². The Balaban J connectivity index is 1.45. The number of guanidine groups is 1. The molecule has 0 amide bonds. The van der Waals surface area contributed by atoms with Gasteiger partial charge in [0.2, 0.25) is 0 Å². The van der Waals surface area contributed by atoms with Gasteiger partial charge in [-0.05, 0) is 24.3 Å². The second-order valence-electron chi connectivity index (χ2n) is 6.12. The predicted molar refractivity (Wildman–Crippen MR) is 87.4 cm³/mol. The second-order valence-corrected chi connectivity index (χ2v) is 6.12. The van der Waals surface area contributed by atoms with Gasteiger partial charge in [-0.25, -0.2) is 0 Å². The largest absolute Gasteiger partial charge is 0.356 e. The SMILES string of the molecule is CN=C(NCC1CC1)N1CCN(Cc2ccccc2)CC1. The summed E-state index contributed by atoms with van der Waals surface area (Å²) in [4.78, 5) is 9.35. The zero-order valence-electron chi connectivity index (χ0n) is 13.0. The molecule has 4 nitrogen and oxygen atoms in total. The van der Waals surface area contributed by atoms with E-state index in [1.165, 1.54) is 18.4 Å². The topological polar surface area (TPSA) is 30.9 Å². The van der Waals surface area contributed by atoms with Crippen molar-refractivity contribution in [3.8, 4) is 0 Å². The molecule has 0 unspecified atom stereocenters. The number of aliphatic imine (C=N–C) groups is 1. The molecule has 1 aromatic carbocycles. The number of hydrogen-bond donors (Lipinski definition) is 1. The number of nitrogens with zero attached hydrogens (tertiary/aromatic N) is 3. The maximum Gasteiger partial charge on any atom is 0.193 e. The molecular weight excluding hydrogens is 260 g/mol. The molecule has 2 aliphatic rings. The van der Waals surface area contributed by atoms with Crippen LogP contribution in [-0.2, 0) is 6.54 Å². The lowest BCUT2D eigenvalue weighted by atomic mass is 10.2. The normalized spacial score (nSPS) is 20.6. The second kappa shape index (κ2) is 6.94. The molecule has 4 heteroatoms. The minimum atomic E-state index is 0.890. The summed E-state index contributed by atoms with van der Waals surface area (Å²) in [6.45, 7) is 6.51. The zero-order chi connectivity index (χ0) is 14.5. The van der Waals surface area contributed by atoms with Gasteiger partial charge in [0.1, 0.15) is 0 Å². The summed E-state index contributed by atoms with van der Waals surface area (Å²) < 4.78 is 0. The van der Waals surface area contributed by atoms with Crippen LogP contribution >= 0.6 is 0 Å². The lowest BCUT2D eigenvalue weighted by Gasteiger charge is -2.36. The summed E-state index contributed by atoms with van der Waals surface area (Å²) in [5.41, 5.74) is 1.40. The Bertz CT molecular complexity index is 459. The van der Waals surface area contributed by atoms with E-state index in [-0.39, 0.29) is 0 Å². The van der Waals surface area contributed by atoms with Crippen LogP contribution in [0, 0.1) is 5.92 Å². The molecule has 2 fully saturated rings. The number of benzene rings is 1. The monoisotopic (exact) mass is 286 g/mol. The van der Waals surface area contributed by atoms with E-state index in [1.807, 2.05) is 7.05 Å². The van der Waals surface area contributed by atoms with Crippen molar-refractivity contribution in [2.24, 2.45) is 10.9 Å². The molecule has 3 rings (SSSR count). The van der Waals surface area contributed by atoms with Crippen molar-refractivity contribution in [2.75, 3.05) is 39.8 Å². The highest BCUT2D eigenvalue weighted by Crippen LogP contribution is 2.27. The van der Waals surface area contributed by atoms with Gasteiger partial charge in [-0.2, -0.15) is 0 Å². The van der Waals surface area contributed by atoms with Gasteiger partial charge in [0.05, 0.1) is 0 Å². The van der Waals surface area contributed by atoms with Crippen LogP contribution in [0.1, 0.15) is 18.4 Å². The molecule has 1 saturated heterocycles. The van der Waals surface area contributed by atoms with Gasteiger partial charge in [0.25, 0.3) is 0 Å². The Hall–Kier alpha value is -1.55. The fourth-order valence-electron chi connectivity index (χ4n) is 2.85. The number of nitrogens with one attached hydrogen (secondary N) is 1. The van der Waals surface area contributed by atoms with Crippen LogP contribution in [0.4, 0.5) is 0 Å². The Kier molecular flexibility index (Phi) is 4.76. The fourth-order valence-corrected chi connectivity index (χ4v) is 2.85. The zero-order valence-corrected chi connectivity index (χ0v) is 13.0. The molecular formula is C17H26N4. The van der Waals surface area contributed by atoms with E-state index in [4.69, 9.17) is 0 Å². The van der Waals surface area contributed by atoms with Crippen molar-refractivity contribution in [3.05, 3.63) is 35.9 Å². The molecule has 1 aliphatic heterocycles. The average molecular weight is 286 g/mol. The average Bonchev–Trinajstić information content (AvgIpc) is 3.35. The van der Waals surface area contributed by atoms with Crippen LogP contribution in [0.15, 0.2) is 35.3 Å². The molecule has 0 spiro atoms. The van der Waals surface area contributed by atoms with Crippen molar-refractivity contribution in [1.82, 2.24) is 15.1 Å².